The molecule has 0 amide bonds. The van der Waals surface area contributed by atoms with Crippen LogP contribution in [-0.4, -0.2) is 4.98 Å². The molecule has 0 fully saturated rings. The minimum atomic E-state index is -0.515. The van der Waals surface area contributed by atoms with E-state index in [4.69, 9.17) is 17.4 Å². The predicted molar refractivity (Wildman–Crippen MR) is 64.0 cm³/mol. The maximum Gasteiger partial charge on any atom is 0.168 e. The molecule has 0 saturated heterocycles. The molecule has 0 aliphatic heterocycles. The number of aromatic nitrogens is 1. The van der Waals surface area contributed by atoms with Crippen LogP contribution in [0.5, 0.6) is 0 Å². The van der Waals surface area contributed by atoms with Gasteiger partial charge in [-0.05, 0) is 31.5 Å². The Hall–Kier alpha value is -1.39. The van der Waals surface area contributed by atoms with Crippen molar-refractivity contribution in [2.24, 2.45) is 5.84 Å². The molecule has 0 saturated carbocycles. The fraction of sp³-hybridized carbons (Fsp3) is 0.182. The maximum atomic E-state index is 13.8. The first-order valence-corrected chi connectivity index (χ1v) is 5.15. The molecule has 0 spiro atoms. The predicted octanol–water partition coefficient (Wildman–Crippen LogP) is 2.93. The first kappa shape index (κ1) is 11.1. The van der Waals surface area contributed by atoms with Crippen LogP contribution in [0.15, 0.2) is 12.1 Å². The molecule has 0 radical (unpaired) electrons. The Morgan fingerprint density at radius 3 is 2.69 bits per heavy atom. The van der Waals surface area contributed by atoms with E-state index in [-0.39, 0.29) is 10.5 Å². The van der Waals surface area contributed by atoms with Crippen molar-refractivity contribution in [1.29, 1.82) is 0 Å². The molecule has 0 aliphatic rings. The van der Waals surface area contributed by atoms with E-state index >= 15 is 0 Å². The minimum absolute atomic E-state index is 0.0613. The molecule has 2 aromatic rings. The molecule has 0 aliphatic carbocycles. The van der Waals surface area contributed by atoms with Crippen molar-refractivity contribution >= 4 is 28.2 Å². The van der Waals surface area contributed by atoms with Crippen LogP contribution in [0.25, 0.3) is 10.9 Å². The number of rotatable bonds is 1. The Morgan fingerprint density at radius 2 is 2.06 bits per heavy atom. The molecule has 1 heterocycles. The number of hydrogen-bond acceptors (Lipinski definition) is 3. The van der Waals surface area contributed by atoms with E-state index in [9.17, 15) is 4.39 Å². The summed E-state index contributed by atoms with van der Waals surface area (Å²) in [4.78, 5) is 4.19. The molecule has 3 nitrogen and oxygen atoms in total. The summed E-state index contributed by atoms with van der Waals surface area (Å²) >= 11 is 5.71. The van der Waals surface area contributed by atoms with Gasteiger partial charge in [-0.2, -0.15) is 0 Å². The van der Waals surface area contributed by atoms with Crippen molar-refractivity contribution in [3.8, 4) is 0 Å². The Labute approximate surface area is 97.4 Å². The molecule has 0 unspecified atom stereocenters. The fourth-order valence-electron chi connectivity index (χ4n) is 1.67. The van der Waals surface area contributed by atoms with Gasteiger partial charge in [0, 0.05) is 11.1 Å². The van der Waals surface area contributed by atoms with Gasteiger partial charge in [0.05, 0.1) is 10.7 Å². The molecule has 5 heteroatoms. The topological polar surface area (TPSA) is 50.9 Å². The zero-order chi connectivity index (χ0) is 11.9. The second-order valence-electron chi connectivity index (χ2n) is 3.60. The monoisotopic (exact) mass is 239 g/mol. The molecule has 1 aromatic heterocycles. The van der Waals surface area contributed by atoms with E-state index in [1.165, 1.54) is 6.07 Å². The molecule has 16 heavy (non-hydrogen) atoms. The average Bonchev–Trinajstić information content (AvgIpc) is 2.27. The zero-order valence-electron chi connectivity index (χ0n) is 8.94. The lowest BCUT2D eigenvalue weighted by atomic mass is 10.1. The minimum Gasteiger partial charge on any atom is -0.323 e. The van der Waals surface area contributed by atoms with E-state index in [0.717, 1.165) is 11.3 Å². The maximum absolute atomic E-state index is 13.8. The van der Waals surface area contributed by atoms with Crippen LogP contribution >= 0.6 is 11.6 Å². The number of nitrogen functional groups attached to an aromatic ring is 1. The van der Waals surface area contributed by atoms with E-state index in [0.29, 0.717) is 11.1 Å². The van der Waals surface area contributed by atoms with Crippen LogP contribution in [0.3, 0.4) is 0 Å². The highest BCUT2D eigenvalue weighted by molar-refractivity contribution is 6.31. The quantitative estimate of drug-likeness (QED) is 0.594. The van der Waals surface area contributed by atoms with Gasteiger partial charge in [0.15, 0.2) is 5.82 Å². The molecular formula is C11H11ClFN3. The van der Waals surface area contributed by atoms with Crippen LogP contribution in [0.4, 0.5) is 10.1 Å². The third kappa shape index (κ3) is 1.50. The van der Waals surface area contributed by atoms with Gasteiger partial charge in [0.1, 0.15) is 5.52 Å². The van der Waals surface area contributed by atoms with E-state index in [1.807, 2.05) is 6.92 Å². The van der Waals surface area contributed by atoms with Crippen molar-refractivity contribution in [2.45, 2.75) is 13.8 Å². The Bertz CT molecular complexity index is 569. The summed E-state index contributed by atoms with van der Waals surface area (Å²) in [5.41, 5.74) is 5.12. The lowest BCUT2D eigenvalue weighted by Crippen LogP contribution is -2.10. The standard InChI is InChI=1S/C11H11ClFN3/c1-5-6(2)15-11-7(10(5)16-14)3-4-8(12)9(11)13/h3-4H,14H2,1-2H3,(H,15,16). The first-order chi connectivity index (χ1) is 7.56. The average molecular weight is 240 g/mol. The molecule has 0 atom stereocenters. The van der Waals surface area contributed by atoms with Crippen LogP contribution in [0.2, 0.25) is 5.02 Å². The molecule has 3 N–H and O–H groups in total. The number of hydrazine groups is 1. The van der Waals surface area contributed by atoms with Gasteiger partial charge in [0.2, 0.25) is 0 Å². The molecular weight excluding hydrogens is 229 g/mol. The first-order valence-electron chi connectivity index (χ1n) is 4.77. The summed E-state index contributed by atoms with van der Waals surface area (Å²) in [5.74, 6) is 4.93. The summed E-state index contributed by atoms with van der Waals surface area (Å²) < 4.78 is 13.8. The highest BCUT2D eigenvalue weighted by atomic mass is 35.5. The van der Waals surface area contributed by atoms with Crippen LogP contribution in [0.1, 0.15) is 11.3 Å². The summed E-state index contributed by atoms with van der Waals surface area (Å²) in [5, 5.41) is 0.693. The molecule has 0 bridgehead atoms. The molecule has 84 valence electrons. The summed E-state index contributed by atoms with van der Waals surface area (Å²) in [6, 6.07) is 3.20. The van der Waals surface area contributed by atoms with Gasteiger partial charge >= 0.3 is 0 Å². The van der Waals surface area contributed by atoms with Crippen molar-refractivity contribution in [3.63, 3.8) is 0 Å². The van der Waals surface area contributed by atoms with Crippen LogP contribution < -0.4 is 11.3 Å². The SMILES string of the molecule is Cc1nc2c(F)c(Cl)ccc2c(NN)c1C. The zero-order valence-corrected chi connectivity index (χ0v) is 9.69. The van der Waals surface area contributed by atoms with Crippen molar-refractivity contribution in [2.75, 3.05) is 5.43 Å². The van der Waals surface area contributed by atoms with Gasteiger partial charge in [-0.15, -0.1) is 0 Å². The highest BCUT2D eigenvalue weighted by Gasteiger charge is 2.13. The number of nitrogens with zero attached hydrogens (tertiary/aromatic N) is 1. The number of aryl methyl sites for hydroxylation is 1. The fourth-order valence-corrected chi connectivity index (χ4v) is 1.82. The van der Waals surface area contributed by atoms with Crippen LogP contribution in [0, 0.1) is 19.7 Å². The smallest absolute Gasteiger partial charge is 0.168 e. The van der Waals surface area contributed by atoms with Gasteiger partial charge in [-0.1, -0.05) is 11.6 Å². The van der Waals surface area contributed by atoms with Crippen molar-refractivity contribution in [1.82, 2.24) is 4.98 Å². The summed E-state index contributed by atoms with van der Waals surface area (Å²) in [6.07, 6.45) is 0. The number of nitrogens with two attached hydrogens (primary N) is 1. The van der Waals surface area contributed by atoms with Gasteiger partial charge in [-0.25, -0.2) is 9.37 Å². The highest BCUT2D eigenvalue weighted by Crippen LogP contribution is 2.31. The number of pyridine rings is 1. The normalized spacial score (nSPS) is 10.8. The Balaban J connectivity index is 2.96. The Kier molecular flexibility index (Phi) is 2.69. The molecule has 2 rings (SSSR count). The van der Waals surface area contributed by atoms with Gasteiger partial charge in [-0.3, -0.25) is 5.84 Å². The van der Waals surface area contributed by atoms with Gasteiger partial charge < -0.3 is 5.43 Å². The Morgan fingerprint density at radius 1 is 1.38 bits per heavy atom. The largest absolute Gasteiger partial charge is 0.323 e. The van der Waals surface area contributed by atoms with Crippen molar-refractivity contribution < 1.29 is 4.39 Å². The van der Waals surface area contributed by atoms with Crippen molar-refractivity contribution in [3.05, 3.63) is 34.2 Å². The third-order valence-corrected chi connectivity index (χ3v) is 2.97. The summed E-state index contributed by atoms with van der Waals surface area (Å²) in [6.45, 7) is 3.68. The summed E-state index contributed by atoms with van der Waals surface area (Å²) in [7, 11) is 0. The van der Waals surface area contributed by atoms with Crippen LogP contribution in [-0.2, 0) is 0 Å². The lowest BCUT2D eigenvalue weighted by molar-refractivity contribution is 0.637. The second-order valence-corrected chi connectivity index (χ2v) is 4.01. The number of anilines is 1. The number of nitrogens with one attached hydrogen (secondary N) is 1. The number of hydrogen-bond donors (Lipinski definition) is 2. The second kappa shape index (κ2) is 3.88. The number of benzene rings is 1. The molecule has 1 aromatic carbocycles. The lowest BCUT2D eigenvalue weighted by Gasteiger charge is -2.12. The number of fused-ring (bicyclic) bond motifs is 1. The van der Waals surface area contributed by atoms with E-state index < -0.39 is 5.82 Å². The van der Waals surface area contributed by atoms with E-state index in [2.05, 4.69) is 10.4 Å². The third-order valence-electron chi connectivity index (χ3n) is 2.68. The van der Waals surface area contributed by atoms with E-state index in [1.54, 1.807) is 13.0 Å². The van der Waals surface area contributed by atoms with Gasteiger partial charge in [0.25, 0.3) is 0 Å². The number of halogens is 2.